The molecule has 0 aliphatic carbocycles. The van der Waals surface area contributed by atoms with E-state index in [1.807, 2.05) is 32.7 Å². The molecule has 1 saturated heterocycles. The summed E-state index contributed by atoms with van der Waals surface area (Å²) in [6, 6.07) is -0.371. The van der Waals surface area contributed by atoms with E-state index in [4.69, 9.17) is 0 Å². The van der Waals surface area contributed by atoms with Gasteiger partial charge in [-0.1, -0.05) is 20.8 Å². The lowest BCUT2D eigenvalue weighted by Crippen LogP contribution is -2.56. The highest BCUT2D eigenvalue weighted by Crippen LogP contribution is 2.25. The summed E-state index contributed by atoms with van der Waals surface area (Å²) in [6.45, 7) is 7.35. The van der Waals surface area contributed by atoms with Gasteiger partial charge in [0, 0.05) is 19.1 Å². The van der Waals surface area contributed by atoms with Crippen LogP contribution >= 0.6 is 0 Å². The van der Waals surface area contributed by atoms with Crippen molar-refractivity contribution in [1.29, 1.82) is 0 Å². The molecule has 1 rings (SSSR count). The molecule has 0 aromatic rings. The molecule has 0 spiro atoms. The summed E-state index contributed by atoms with van der Waals surface area (Å²) in [7, 11) is 3.19. The second-order valence-corrected chi connectivity index (χ2v) is 6.32. The van der Waals surface area contributed by atoms with E-state index >= 15 is 0 Å². The number of amides is 2. The molecule has 0 radical (unpaired) electrons. The van der Waals surface area contributed by atoms with Gasteiger partial charge in [0.25, 0.3) is 0 Å². The van der Waals surface area contributed by atoms with E-state index in [0.29, 0.717) is 0 Å². The van der Waals surface area contributed by atoms with Crippen LogP contribution in [-0.2, 0) is 9.53 Å². The molecule has 1 aliphatic rings. The van der Waals surface area contributed by atoms with E-state index in [2.05, 4.69) is 15.4 Å². The largest absolute Gasteiger partial charge is 0.453 e. The first-order valence-corrected chi connectivity index (χ1v) is 7.10. The molecular weight excluding hydrogens is 258 g/mol. The average Bonchev–Trinajstić information content (AvgIpc) is 2.82. The summed E-state index contributed by atoms with van der Waals surface area (Å²) in [6.07, 6.45) is 1.44. The van der Waals surface area contributed by atoms with Crippen molar-refractivity contribution in [2.45, 2.75) is 45.7 Å². The predicted molar refractivity (Wildman–Crippen MR) is 77.4 cm³/mol. The summed E-state index contributed by atoms with van der Waals surface area (Å²) < 4.78 is 4.63. The van der Waals surface area contributed by atoms with Gasteiger partial charge >= 0.3 is 6.09 Å². The number of hydrogen-bond acceptors (Lipinski definition) is 4. The number of alkyl carbamates (subject to hydrolysis) is 1. The second-order valence-electron chi connectivity index (χ2n) is 6.32. The number of nitrogens with one attached hydrogen (secondary N) is 2. The zero-order chi connectivity index (χ0) is 15.3. The van der Waals surface area contributed by atoms with E-state index in [1.165, 1.54) is 7.11 Å². The van der Waals surface area contributed by atoms with Crippen molar-refractivity contribution in [3.63, 3.8) is 0 Å². The Morgan fingerprint density at radius 1 is 1.40 bits per heavy atom. The maximum Gasteiger partial charge on any atom is 0.407 e. The van der Waals surface area contributed by atoms with E-state index in [-0.39, 0.29) is 17.4 Å². The minimum atomic E-state index is -0.576. The van der Waals surface area contributed by atoms with Gasteiger partial charge in [0.15, 0.2) is 0 Å². The van der Waals surface area contributed by atoms with Crippen LogP contribution in [0.2, 0.25) is 0 Å². The number of carbonyl (C=O) groups excluding carboxylic acids is 2. The lowest BCUT2D eigenvalue weighted by Gasteiger charge is -2.35. The number of hydrogen-bond donors (Lipinski definition) is 2. The summed E-state index contributed by atoms with van der Waals surface area (Å²) in [5.41, 5.74) is -0.363. The Labute approximate surface area is 121 Å². The van der Waals surface area contributed by atoms with Crippen molar-refractivity contribution < 1.29 is 14.3 Å². The van der Waals surface area contributed by atoms with Gasteiger partial charge in [-0.3, -0.25) is 4.79 Å². The second kappa shape index (κ2) is 6.92. The molecule has 116 valence electrons. The Hall–Kier alpha value is -1.30. The van der Waals surface area contributed by atoms with Crippen molar-refractivity contribution in [2.24, 2.45) is 5.41 Å². The number of rotatable bonds is 4. The van der Waals surface area contributed by atoms with Crippen LogP contribution in [0.5, 0.6) is 0 Å². The smallest absolute Gasteiger partial charge is 0.407 e. The highest BCUT2D eigenvalue weighted by molar-refractivity contribution is 5.86. The zero-order valence-corrected chi connectivity index (χ0v) is 13.2. The summed E-state index contributed by atoms with van der Waals surface area (Å²) in [5.74, 6) is -0.0272. The third kappa shape index (κ3) is 4.10. The van der Waals surface area contributed by atoms with E-state index in [1.54, 1.807) is 0 Å². The fourth-order valence-electron chi connectivity index (χ4n) is 2.56. The topological polar surface area (TPSA) is 70.7 Å². The molecule has 0 unspecified atom stereocenters. The molecule has 6 nitrogen and oxygen atoms in total. The molecule has 1 heterocycles. The number of carbonyl (C=O) groups is 2. The van der Waals surface area contributed by atoms with Crippen LogP contribution in [0.25, 0.3) is 0 Å². The Balaban J connectivity index is 2.84. The fourth-order valence-corrected chi connectivity index (χ4v) is 2.56. The maximum absolute atomic E-state index is 12.8. The molecule has 0 aromatic carbocycles. The summed E-state index contributed by atoms with van der Waals surface area (Å²) in [4.78, 5) is 26.1. The highest BCUT2D eigenvalue weighted by Gasteiger charge is 2.39. The van der Waals surface area contributed by atoms with Crippen LogP contribution in [0.15, 0.2) is 0 Å². The fraction of sp³-hybridized carbons (Fsp3) is 0.857. The molecule has 6 heteroatoms. The van der Waals surface area contributed by atoms with Gasteiger partial charge in [0.2, 0.25) is 5.91 Å². The molecular formula is C14H27N3O3. The van der Waals surface area contributed by atoms with Gasteiger partial charge in [-0.25, -0.2) is 4.79 Å². The molecule has 2 atom stereocenters. The van der Waals surface area contributed by atoms with Gasteiger partial charge in [0.05, 0.1) is 7.11 Å². The van der Waals surface area contributed by atoms with E-state index in [9.17, 15) is 9.59 Å². The first kappa shape index (κ1) is 16.8. The zero-order valence-electron chi connectivity index (χ0n) is 13.2. The molecule has 0 aromatic heterocycles. The van der Waals surface area contributed by atoms with Crippen molar-refractivity contribution >= 4 is 12.0 Å². The first-order valence-electron chi connectivity index (χ1n) is 7.10. The quantitative estimate of drug-likeness (QED) is 0.807. The van der Waals surface area contributed by atoms with Crippen LogP contribution in [0, 0.1) is 5.41 Å². The Morgan fingerprint density at radius 2 is 2.05 bits per heavy atom. The van der Waals surface area contributed by atoms with E-state index in [0.717, 1.165) is 25.9 Å². The minimum Gasteiger partial charge on any atom is -0.453 e. The maximum atomic E-state index is 12.8. The van der Waals surface area contributed by atoms with Crippen LogP contribution < -0.4 is 10.6 Å². The number of methoxy groups -OCH3 is 1. The molecule has 0 saturated carbocycles. The summed E-state index contributed by atoms with van der Waals surface area (Å²) >= 11 is 0. The minimum absolute atomic E-state index is 0.0272. The standard InChI is InChI=1S/C14H27N3O3/c1-14(2,3)11(16-13(19)20-5)12(18)17-8-6-7-10(17)9-15-4/h10-11,15H,6-9H2,1-5H3,(H,16,19)/t10-,11+/m0/s1. The lowest BCUT2D eigenvalue weighted by molar-refractivity contribution is -0.136. The van der Waals surface area contributed by atoms with Crippen LogP contribution in [0.1, 0.15) is 33.6 Å². The van der Waals surface area contributed by atoms with Crippen molar-refractivity contribution in [1.82, 2.24) is 15.5 Å². The van der Waals surface area contributed by atoms with Crippen LogP contribution in [0.4, 0.5) is 4.79 Å². The van der Waals surface area contributed by atoms with Gasteiger partial charge in [0.1, 0.15) is 6.04 Å². The Morgan fingerprint density at radius 3 is 2.55 bits per heavy atom. The number of nitrogens with zero attached hydrogens (tertiary/aromatic N) is 1. The number of likely N-dealkylation sites (tertiary alicyclic amines) is 1. The molecule has 20 heavy (non-hydrogen) atoms. The van der Waals surface area contributed by atoms with Gasteiger partial charge in [-0.2, -0.15) is 0 Å². The molecule has 1 aliphatic heterocycles. The molecule has 0 bridgehead atoms. The van der Waals surface area contributed by atoms with E-state index < -0.39 is 12.1 Å². The number of likely N-dealkylation sites (N-methyl/N-ethyl adjacent to an activating group) is 1. The van der Waals surface area contributed by atoms with Crippen molar-refractivity contribution in [3.05, 3.63) is 0 Å². The third-order valence-electron chi connectivity index (χ3n) is 3.66. The first-order chi connectivity index (χ1) is 9.31. The Kier molecular flexibility index (Phi) is 5.80. The average molecular weight is 285 g/mol. The molecule has 2 N–H and O–H groups in total. The molecule has 2 amide bonds. The SMILES string of the molecule is CNC[C@@H]1CCCN1C(=O)[C@@H](NC(=O)OC)C(C)(C)C. The van der Waals surface area contributed by atoms with Crippen LogP contribution in [-0.4, -0.2) is 56.2 Å². The third-order valence-corrected chi connectivity index (χ3v) is 3.66. The summed E-state index contributed by atoms with van der Waals surface area (Å²) in [5, 5.41) is 5.79. The highest BCUT2D eigenvalue weighted by atomic mass is 16.5. The molecule has 1 fully saturated rings. The van der Waals surface area contributed by atoms with Gasteiger partial charge < -0.3 is 20.3 Å². The lowest BCUT2D eigenvalue weighted by atomic mass is 9.85. The van der Waals surface area contributed by atoms with Crippen molar-refractivity contribution in [2.75, 3.05) is 27.2 Å². The van der Waals surface area contributed by atoms with Crippen molar-refractivity contribution in [3.8, 4) is 0 Å². The van der Waals surface area contributed by atoms with Gasteiger partial charge in [-0.05, 0) is 25.3 Å². The monoisotopic (exact) mass is 285 g/mol. The predicted octanol–water partition coefficient (Wildman–Crippen LogP) is 0.967. The van der Waals surface area contributed by atoms with Crippen LogP contribution in [0.3, 0.4) is 0 Å². The normalized spacial score (nSPS) is 20.6. The van der Waals surface area contributed by atoms with Gasteiger partial charge in [-0.15, -0.1) is 0 Å². The number of ether oxygens (including phenoxy) is 1. The Bertz CT molecular complexity index is 352.